The number of anilines is 2. The molecule has 1 spiro atoms. The molecule has 3 aliphatic heterocycles. The third kappa shape index (κ3) is 4.94. The van der Waals surface area contributed by atoms with Crippen molar-refractivity contribution in [3.05, 3.63) is 59.9 Å². The van der Waals surface area contributed by atoms with Crippen molar-refractivity contribution in [3.63, 3.8) is 0 Å². The molecule has 6 rings (SSSR count). The van der Waals surface area contributed by atoms with Crippen LogP contribution in [0.1, 0.15) is 43.9 Å². The van der Waals surface area contributed by atoms with Crippen molar-refractivity contribution in [3.8, 4) is 5.75 Å². The van der Waals surface area contributed by atoms with Gasteiger partial charge in [0.15, 0.2) is 5.60 Å². The van der Waals surface area contributed by atoms with Crippen LogP contribution in [0.3, 0.4) is 0 Å². The predicted molar refractivity (Wildman–Crippen MR) is 171 cm³/mol. The minimum Gasteiger partial charge on any atom is -0.497 e. The number of aromatic nitrogens is 3. The highest BCUT2D eigenvalue weighted by Gasteiger charge is 2.65. The lowest BCUT2D eigenvalue weighted by Gasteiger charge is -2.37. The number of ether oxygens (including phenoxy) is 2. The molecule has 2 saturated heterocycles. The standard InChI is InChI=1S/C33H43N5O5Si/c1-22-31(44(4,5)26-12-10-25(42-3)11-13-26)29(15-18-37-21-23(16-19-39)34-35-37)43-33(22)27-20-24(38-17-7-6-8-30(38)40)9-14-28(27)36(2)32(33)41/h9-14,20-22,29,31,39H,6-8,15-19H2,1-5H3/t22-,29+,31-,33+/m0/s1. The molecule has 3 aromatic rings. The van der Waals surface area contributed by atoms with Crippen molar-refractivity contribution in [2.75, 3.05) is 37.1 Å². The number of benzene rings is 2. The number of hydrogen-bond acceptors (Lipinski definition) is 7. The molecule has 0 unspecified atom stereocenters. The summed E-state index contributed by atoms with van der Waals surface area (Å²) >= 11 is 0. The highest BCUT2D eigenvalue weighted by molar-refractivity contribution is 6.91. The first-order valence-corrected chi connectivity index (χ1v) is 18.7. The molecule has 1 N–H and O–H groups in total. The van der Waals surface area contributed by atoms with Gasteiger partial charge in [0.2, 0.25) is 5.91 Å². The lowest BCUT2D eigenvalue weighted by Crippen LogP contribution is -2.51. The zero-order valence-electron chi connectivity index (χ0n) is 26.3. The zero-order valence-corrected chi connectivity index (χ0v) is 27.3. The molecular weight excluding hydrogens is 574 g/mol. The van der Waals surface area contributed by atoms with Gasteiger partial charge in [0.25, 0.3) is 5.91 Å². The molecule has 4 heterocycles. The Labute approximate surface area is 260 Å². The molecule has 2 amide bonds. The van der Waals surface area contributed by atoms with Gasteiger partial charge in [0.1, 0.15) is 5.75 Å². The Morgan fingerprint density at radius 2 is 1.91 bits per heavy atom. The van der Waals surface area contributed by atoms with Crippen LogP contribution < -0.4 is 19.7 Å². The Kier molecular flexibility index (Phi) is 8.14. The number of carbonyl (C=O) groups excluding carboxylic acids is 2. The maximum Gasteiger partial charge on any atom is 0.264 e. The number of piperidine rings is 1. The van der Waals surface area contributed by atoms with Crippen molar-refractivity contribution in [1.82, 2.24) is 15.0 Å². The molecule has 10 nitrogen and oxygen atoms in total. The monoisotopic (exact) mass is 617 g/mol. The Hall–Kier alpha value is -3.54. The molecule has 11 heteroatoms. The largest absolute Gasteiger partial charge is 0.497 e. The van der Waals surface area contributed by atoms with Gasteiger partial charge in [0, 0.05) is 63.0 Å². The van der Waals surface area contributed by atoms with Gasteiger partial charge < -0.3 is 24.4 Å². The van der Waals surface area contributed by atoms with E-state index >= 15 is 0 Å². The van der Waals surface area contributed by atoms with E-state index in [1.807, 2.05) is 48.5 Å². The van der Waals surface area contributed by atoms with Gasteiger partial charge in [-0.05, 0) is 55.1 Å². The minimum atomic E-state index is -2.27. The van der Waals surface area contributed by atoms with Crippen LogP contribution in [0, 0.1) is 5.92 Å². The summed E-state index contributed by atoms with van der Waals surface area (Å²) in [6, 6.07) is 14.3. The summed E-state index contributed by atoms with van der Waals surface area (Å²) in [6.07, 6.45) is 5.18. The molecule has 3 aliphatic rings. The summed E-state index contributed by atoms with van der Waals surface area (Å²) < 4.78 is 14.4. The number of nitrogens with zero attached hydrogens (tertiary/aromatic N) is 5. The van der Waals surface area contributed by atoms with E-state index in [-0.39, 0.29) is 36.0 Å². The van der Waals surface area contributed by atoms with Crippen LogP contribution in [0.15, 0.2) is 48.7 Å². The van der Waals surface area contributed by atoms with Crippen LogP contribution in [0.4, 0.5) is 11.4 Å². The predicted octanol–water partition coefficient (Wildman–Crippen LogP) is 3.62. The van der Waals surface area contributed by atoms with Crippen LogP contribution in [-0.2, 0) is 32.9 Å². The number of carbonyl (C=O) groups is 2. The lowest BCUT2D eigenvalue weighted by atomic mass is 9.82. The molecule has 234 valence electrons. The van der Waals surface area contributed by atoms with Gasteiger partial charge in [-0.1, -0.05) is 42.6 Å². The number of hydrogen-bond donors (Lipinski definition) is 1. The fourth-order valence-electron chi connectivity index (χ4n) is 7.86. The molecule has 1 aromatic heterocycles. The number of methoxy groups -OCH3 is 1. The maximum absolute atomic E-state index is 14.4. The van der Waals surface area contributed by atoms with Crippen molar-refractivity contribution in [1.29, 1.82) is 0 Å². The lowest BCUT2D eigenvalue weighted by molar-refractivity contribution is -0.145. The summed E-state index contributed by atoms with van der Waals surface area (Å²) in [5.41, 5.74) is 2.21. The van der Waals surface area contributed by atoms with Crippen molar-refractivity contribution >= 4 is 36.4 Å². The van der Waals surface area contributed by atoms with E-state index in [4.69, 9.17) is 9.47 Å². The molecule has 2 fully saturated rings. The average molecular weight is 618 g/mol. The van der Waals surface area contributed by atoms with E-state index in [0.717, 1.165) is 41.2 Å². The van der Waals surface area contributed by atoms with Crippen LogP contribution in [-0.4, -0.2) is 73.4 Å². The smallest absolute Gasteiger partial charge is 0.264 e. The molecule has 0 saturated carbocycles. The molecule has 0 radical (unpaired) electrons. The molecular formula is C33H43N5O5Si. The number of amides is 2. The number of fused-ring (bicyclic) bond motifs is 2. The van der Waals surface area contributed by atoms with Crippen molar-refractivity contribution in [2.45, 2.75) is 75.9 Å². The van der Waals surface area contributed by atoms with Crippen molar-refractivity contribution in [2.24, 2.45) is 5.92 Å². The topological polar surface area (TPSA) is 110 Å². The van der Waals surface area contributed by atoms with E-state index in [2.05, 4.69) is 42.5 Å². The van der Waals surface area contributed by atoms with Gasteiger partial charge in [-0.3, -0.25) is 14.3 Å². The SMILES string of the molecule is COc1ccc([Si](C)(C)[C@@H]2[C@@H](CCn3cc(CCO)nn3)O[C@]3(C(=O)N(C)c4ccc(N5CCCCC5=O)cc43)[C@H]2C)cc1. The fraction of sp³-hybridized carbons (Fsp3) is 0.515. The summed E-state index contributed by atoms with van der Waals surface area (Å²) in [4.78, 5) is 30.9. The van der Waals surface area contributed by atoms with E-state index < -0.39 is 13.7 Å². The van der Waals surface area contributed by atoms with Crippen LogP contribution >= 0.6 is 0 Å². The van der Waals surface area contributed by atoms with E-state index in [1.165, 1.54) is 5.19 Å². The van der Waals surface area contributed by atoms with Crippen LogP contribution in [0.2, 0.25) is 18.6 Å². The van der Waals surface area contributed by atoms with Gasteiger partial charge in [-0.15, -0.1) is 5.10 Å². The molecule has 2 aromatic carbocycles. The summed E-state index contributed by atoms with van der Waals surface area (Å²) in [7, 11) is 1.22. The first-order chi connectivity index (χ1) is 21.1. The molecule has 4 atom stereocenters. The second kappa shape index (κ2) is 11.8. The Morgan fingerprint density at radius 1 is 1.14 bits per heavy atom. The quantitative estimate of drug-likeness (QED) is 0.365. The summed E-state index contributed by atoms with van der Waals surface area (Å²) in [5, 5.41) is 19.1. The third-order valence-corrected chi connectivity index (χ3v) is 14.5. The summed E-state index contributed by atoms with van der Waals surface area (Å²) in [6.45, 7) is 8.20. The fourth-order valence-corrected chi connectivity index (χ4v) is 11.9. The zero-order chi connectivity index (χ0) is 31.2. The third-order valence-electron chi connectivity index (χ3n) is 10.2. The maximum atomic E-state index is 14.4. The van der Waals surface area contributed by atoms with E-state index in [9.17, 15) is 14.7 Å². The average Bonchev–Trinajstić information content (AvgIpc) is 3.66. The number of aryl methyl sites for hydroxylation is 1. The number of rotatable bonds is 9. The Bertz CT molecular complexity index is 1540. The van der Waals surface area contributed by atoms with Gasteiger partial charge in [-0.25, -0.2) is 0 Å². The Morgan fingerprint density at radius 3 is 2.61 bits per heavy atom. The number of aliphatic hydroxyl groups excluding tert-OH is 1. The highest BCUT2D eigenvalue weighted by atomic mass is 28.3. The highest BCUT2D eigenvalue weighted by Crippen LogP contribution is 2.60. The normalized spacial score (nSPS) is 25.3. The van der Waals surface area contributed by atoms with E-state index in [0.29, 0.717) is 32.4 Å². The summed E-state index contributed by atoms with van der Waals surface area (Å²) in [5.74, 6) is 0.759. The second-order valence-corrected chi connectivity index (χ2v) is 17.6. The number of likely N-dealkylation sites (N-methyl/N-ethyl adjacent to an activating group) is 1. The molecule has 0 aliphatic carbocycles. The van der Waals surface area contributed by atoms with Crippen molar-refractivity contribution < 1.29 is 24.2 Å². The van der Waals surface area contributed by atoms with Crippen LogP contribution in [0.5, 0.6) is 5.75 Å². The van der Waals surface area contributed by atoms with Gasteiger partial charge >= 0.3 is 0 Å². The second-order valence-electron chi connectivity index (χ2n) is 13.0. The van der Waals surface area contributed by atoms with Crippen LogP contribution in [0.25, 0.3) is 0 Å². The van der Waals surface area contributed by atoms with Gasteiger partial charge in [-0.2, -0.15) is 0 Å². The number of aliphatic hydroxyl groups is 1. The minimum absolute atomic E-state index is 0.0221. The molecule has 44 heavy (non-hydrogen) atoms. The first kappa shape index (κ1) is 30.5. The Balaban J connectivity index is 1.41. The van der Waals surface area contributed by atoms with Gasteiger partial charge in [0.05, 0.1) is 32.7 Å². The van der Waals surface area contributed by atoms with E-state index in [1.54, 1.807) is 16.7 Å². The molecule has 0 bridgehead atoms. The first-order valence-electron chi connectivity index (χ1n) is 15.7.